The van der Waals surface area contributed by atoms with Gasteiger partial charge >= 0.3 is 0 Å². The van der Waals surface area contributed by atoms with Crippen molar-refractivity contribution in [3.05, 3.63) is 5.82 Å². The van der Waals surface area contributed by atoms with Crippen LogP contribution in [-0.2, 0) is 0 Å². The van der Waals surface area contributed by atoms with Gasteiger partial charge in [-0.25, -0.2) is 4.98 Å². The molecular formula is C8H11N3S. The lowest BCUT2D eigenvalue weighted by Crippen LogP contribution is -1.99. The molecule has 0 aromatic carbocycles. The Morgan fingerprint density at radius 2 is 2.42 bits per heavy atom. The third kappa shape index (κ3) is 2.89. The highest BCUT2D eigenvalue weighted by Crippen LogP contribution is 2.09. The molecule has 0 aliphatic rings. The second-order valence-corrected chi connectivity index (χ2v) is 3.00. The molecule has 0 unspecified atom stereocenters. The first-order valence-corrected chi connectivity index (χ1v) is 4.54. The molecule has 0 saturated carbocycles. The number of hydrogen-bond acceptors (Lipinski definition) is 4. The molecule has 3 nitrogen and oxygen atoms in total. The largest absolute Gasteiger partial charge is 0.359 e. The van der Waals surface area contributed by atoms with Gasteiger partial charge in [-0.2, -0.15) is 4.37 Å². The predicted octanol–water partition coefficient (Wildman–Crippen LogP) is 1.67. The van der Waals surface area contributed by atoms with Gasteiger partial charge in [0.25, 0.3) is 0 Å². The molecule has 0 saturated heterocycles. The molecular weight excluding hydrogens is 170 g/mol. The highest BCUT2D eigenvalue weighted by Gasteiger charge is 1.96. The van der Waals surface area contributed by atoms with Gasteiger partial charge in [-0.05, 0) is 13.8 Å². The lowest BCUT2D eigenvalue weighted by molar-refractivity contribution is 1.07. The lowest BCUT2D eigenvalue weighted by Gasteiger charge is -1.94. The molecule has 64 valence electrons. The molecule has 1 N–H and O–H groups in total. The van der Waals surface area contributed by atoms with Crippen molar-refractivity contribution < 1.29 is 0 Å². The van der Waals surface area contributed by atoms with Gasteiger partial charge in [0.05, 0.1) is 0 Å². The Morgan fingerprint density at radius 3 is 3.00 bits per heavy atom. The maximum atomic E-state index is 4.16. The third-order valence-electron chi connectivity index (χ3n) is 1.23. The summed E-state index contributed by atoms with van der Waals surface area (Å²) >= 11 is 1.39. The van der Waals surface area contributed by atoms with E-state index in [0.29, 0.717) is 0 Å². The number of aromatic nitrogens is 2. The summed E-state index contributed by atoms with van der Waals surface area (Å²) in [6, 6.07) is 0. The SMILES string of the molecule is CC#CCCNc1nc(C)ns1. The molecule has 0 atom stereocenters. The maximum Gasteiger partial charge on any atom is 0.202 e. The van der Waals surface area contributed by atoms with E-state index in [1.807, 2.05) is 13.8 Å². The molecule has 0 radical (unpaired) electrons. The summed E-state index contributed by atoms with van der Waals surface area (Å²) in [5.74, 6) is 6.63. The Hall–Kier alpha value is -1.08. The van der Waals surface area contributed by atoms with Crippen LogP contribution in [0, 0.1) is 18.8 Å². The van der Waals surface area contributed by atoms with Crippen LogP contribution in [0.1, 0.15) is 19.2 Å². The second kappa shape index (κ2) is 4.73. The highest BCUT2D eigenvalue weighted by atomic mass is 32.1. The van der Waals surface area contributed by atoms with Crippen molar-refractivity contribution in [1.82, 2.24) is 9.36 Å². The van der Waals surface area contributed by atoms with Crippen molar-refractivity contribution in [1.29, 1.82) is 0 Å². The topological polar surface area (TPSA) is 37.8 Å². The minimum atomic E-state index is 0.823. The summed E-state index contributed by atoms with van der Waals surface area (Å²) in [4.78, 5) is 4.16. The van der Waals surface area contributed by atoms with E-state index in [-0.39, 0.29) is 0 Å². The molecule has 4 heteroatoms. The van der Waals surface area contributed by atoms with Crippen LogP contribution < -0.4 is 5.32 Å². The zero-order valence-corrected chi connectivity index (χ0v) is 8.03. The van der Waals surface area contributed by atoms with Crippen LogP contribution in [0.5, 0.6) is 0 Å². The molecule has 0 amide bonds. The third-order valence-corrected chi connectivity index (χ3v) is 1.99. The fourth-order valence-corrected chi connectivity index (χ4v) is 1.32. The summed E-state index contributed by atoms with van der Waals surface area (Å²) < 4.78 is 4.05. The zero-order valence-electron chi connectivity index (χ0n) is 7.22. The van der Waals surface area contributed by atoms with Crippen molar-refractivity contribution in [2.45, 2.75) is 20.3 Å². The fourth-order valence-electron chi connectivity index (χ4n) is 0.726. The van der Waals surface area contributed by atoms with Crippen LogP contribution in [-0.4, -0.2) is 15.9 Å². The average molecular weight is 181 g/mol. The average Bonchev–Trinajstić information content (AvgIpc) is 2.45. The van der Waals surface area contributed by atoms with E-state index in [0.717, 1.165) is 23.9 Å². The normalized spacial score (nSPS) is 8.83. The van der Waals surface area contributed by atoms with Crippen molar-refractivity contribution >= 4 is 16.7 Å². The van der Waals surface area contributed by atoms with E-state index >= 15 is 0 Å². The van der Waals surface area contributed by atoms with Gasteiger partial charge in [0.15, 0.2) is 0 Å². The summed E-state index contributed by atoms with van der Waals surface area (Å²) in [5.41, 5.74) is 0. The number of nitrogens with one attached hydrogen (secondary N) is 1. The Morgan fingerprint density at radius 1 is 1.58 bits per heavy atom. The quantitative estimate of drug-likeness (QED) is 0.569. The Bertz CT molecular complexity index is 295. The van der Waals surface area contributed by atoms with Crippen LogP contribution in [0.25, 0.3) is 0 Å². The van der Waals surface area contributed by atoms with Crippen LogP contribution in [0.4, 0.5) is 5.13 Å². The molecule has 1 aromatic rings. The van der Waals surface area contributed by atoms with Crippen molar-refractivity contribution in [3.63, 3.8) is 0 Å². The van der Waals surface area contributed by atoms with Crippen LogP contribution in [0.2, 0.25) is 0 Å². The highest BCUT2D eigenvalue weighted by molar-refractivity contribution is 7.09. The Labute approximate surface area is 76.4 Å². The van der Waals surface area contributed by atoms with Crippen molar-refractivity contribution in [3.8, 4) is 11.8 Å². The monoisotopic (exact) mass is 181 g/mol. The number of hydrogen-bond donors (Lipinski definition) is 1. The summed E-state index contributed by atoms with van der Waals surface area (Å²) in [6.07, 6.45) is 0.856. The van der Waals surface area contributed by atoms with E-state index < -0.39 is 0 Å². The van der Waals surface area contributed by atoms with Crippen LogP contribution in [0.15, 0.2) is 0 Å². The number of rotatable bonds is 3. The van der Waals surface area contributed by atoms with Crippen LogP contribution >= 0.6 is 11.5 Å². The summed E-state index contributed by atoms with van der Waals surface area (Å²) in [6.45, 7) is 4.57. The summed E-state index contributed by atoms with van der Waals surface area (Å²) in [5, 5.41) is 4.02. The lowest BCUT2D eigenvalue weighted by atomic mass is 10.4. The minimum absolute atomic E-state index is 0.823. The first-order valence-electron chi connectivity index (χ1n) is 3.76. The number of nitrogens with zero attached hydrogens (tertiary/aromatic N) is 2. The molecule has 1 heterocycles. The molecule has 1 rings (SSSR count). The number of aryl methyl sites for hydroxylation is 1. The van der Waals surface area contributed by atoms with E-state index in [4.69, 9.17) is 0 Å². The first kappa shape index (κ1) is 9.01. The van der Waals surface area contributed by atoms with E-state index in [2.05, 4.69) is 26.5 Å². The predicted molar refractivity (Wildman–Crippen MR) is 51.2 cm³/mol. The molecule has 0 fully saturated rings. The van der Waals surface area contributed by atoms with Gasteiger partial charge in [-0.1, -0.05) is 0 Å². The van der Waals surface area contributed by atoms with E-state index in [1.54, 1.807) is 0 Å². The van der Waals surface area contributed by atoms with E-state index in [9.17, 15) is 0 Å². The van der Waals surface area contributed by atoms with Crippen molar-refractivity contribution in [2.24, 2.45) is 0 Å². The van der Waals surface area contributed by atoms with Gasteiger partial charge in [0.2, 0.25) is 5.13 Å². The first-order chi connectivity index (χ1) is 5.83. The van der Waals surface area contributed by atoms with Crippen LogP contribution in [0.3, 0.4) is 0 Å². The molecule has 1 aromatic heterocycles. The standard InChI is InChI=1S/C8H11N3S/c1-3-4-5-6-9-8-10-7(2)11-12-8/h5-6H2,1-2H3,(H,9,10,11). The minimum Gasteiger partial charge on any atom is -0.359 e. The number of anilines is 1. The maximum absolute atomic E-state index is 4.16. The van der Waals surface area contributed by atoms with Gasteiger partial charge in [0, 0.05) is 24.5 Å². The van der Waals surface area contributed by atoms with Crippen molar-refractivity contribution in [2.75, 3.05) is 11.9 Å². The summed E-state index contributed by atoms with van der Waals surface area (Å²) in [7, 11) is 0. The Balaban J connectivity index is 2.27. The second-order valence-electron chi connectivity index (χ2n) is 2.25. The molecule has 0 aliphatic heterocycles. The zero-order chi connectivity index (χ0) is 8.81. The van der Waals surface area contributed by atoms with Gasteiger partial charge in [-0.3, -0.25) is 0 Å². The van der Waals surface area contributed by atoms with Gasteiger partial charge in [-0.15, -0.1) is 11.8 Å². The molecule has 0 bridgehead atoms. The van der Waals surface area contributed by atoms with Gasteiger partial charge < -0.3 is 5.32 Å². The molecule has 0 aliphatic carbocycles. The van der Waals surface area contributed by atoms with Gasteiger partial charge in [0.1, 0.15) is 5.82 Å². The fraction of sp³-hybridized carbons (Fsp3) is 0.500. The Kier molecular flexibility index (Phi) is 3.55. The molecule has 12 heavy (non-hydrogen) atoms. The molecule has 0 spiro atoms. The van der Waals surface area contributed by atoms with E-state index in [1.165, 1.54) is 11.5 Å². The smallest absolute Gasteiger partial charge is 0.202 e.